The lowest BCUT2D eigenvalue weighted by molar-refractivity contribution is -0.0109. The largest absolute Gasteiger partial charge is 0.445 e. The number of carbonyl (C=O) groups is 2. The second-order valence-corrected chi connectivity index (χ2v) is 8.16. The number of rotatable bonds is 2. The van der Waals surface area contributed by atoms with Crippen molar-refractivity contribution in [1.82, 2.24) is 9.80 Å². The fourth-order valence-corrected chi connectivity index (χ4v) is 3.38. The molecule has 0 aliphatic carbocycles. The number of halogens is 1. The highest BCUT2D eigenvalue weighted by molar-refractivity contribution is 6.30. The van der Waals surface area contributed by atoms with Crippen LogP contribution < -0.4 is 0 Å². The first-order valence-electron chi connectivity index (χ1n) is 9.00. The van der Waals surface area contributed by atoms with Crippen LogP contribution in [-0.2, 0) is 20.8 Å². The Kier molecular flexibility index (Phi) is 5.81. The van der Waals surface area contributed by atoms with Crippen LogP contribution in [0.3, 0.4) is 0 Å². The number of carbonyl (C=O) groups excluding carboxylic acids is 2. The molecule has 2 unspecified atom stereocenters. The van der Waals surface area contributed by atoms with Crippen LogP contribution in [0.25, 0.3) is 0 Å². The molecule has 2 atom stereocenters. The highest BCUT2D eigenvalue weighted by Gasteiger charge is 2.46. The fourth-order valence-electron chi connectivity index (χ4n) is 3.26. The molecule has 2 fully saturated rings. The van der Waals surface area contributed by atoms with Gasteiger partial charge in [0.2, 0.25) is 0 Å². The lowest BCUT2D eigenvalue weighted by Crippen LogP contribution is -2.62. The van der Waals surface area contributed by atoms with Crippen molar-refractivity contribution in [2.75, 3.05) is 26.3 Å². The van der Waals surface area contributed by atoms with Crippen molar-refractivity contribution in [3.05, 3.63) is 34.9 Å². The van der Waals surface area contributed by atoms with E-state index >= 15 is 0 Å². The molecular formula is C19H25ClN2O5. The van der Waals surface area contributed by atoms with Crippen LogP contribution in [0.15, 0.2) is 24.3 Å². The number of nitrogens with zero attached hydrogens (tertiary/aromatic N) is 2. The normalized spacial score (nSPS) is 22.4. The lowest BCUT2D eigenvalue weighted by Gasteiger charge is -2.42. The predicted molar refractivity (Wildman–Crippen MR) is 99.7 cm³/mol. The standard InChI is InChI=1S/C19H25ClN2O5/c1-19(2,3)27-18(24)22-9-8-21(15-11-25-12-16(15)22)17(23)26-10-13-4-6-14(20)7-5-13/h4-7,15-16H,8-12H2,1-3H3. The topological polar surface area (TPSA) is 68.3 Å². The van der Waals surface area contributed by atoms with Gasteiger partial charge in [0.05, 0.1) is 25.3 Å². The molecule has 0 aromatic heterocycles. The van der Waals surface area contributed by atoms with Crippen LogP contribution in [-0.4, -0.2) is 66.0 Å². The molecule has 2 aliphatic heterocycles. The molecule has 2 saturated heterocycles. The van der Waals surface area contributed by atoms with E-state index in [1.165, 1.54) is 0 Å². The molecule has 0 bridgehead atoms. The van der Waals surface area contributed by atoms with Crippen LogP contribution in [0.1, 0.15) is 26.3 Å². The number of amides is 2. The minimum Gasteiger partial charge on any atom is -0.445 e. The summed E-state index contributed by atoms with van der Waals surface area (Å²) in [6, 6.07) is 6.69. The van der Waals surface area contributed by atoms with Gasteiger partial charge in [-0.25, -0.2) is 9.59 Å². The Morgan fingerprint density at radius 3 is 2.19 bits per heavy atom. The quantitative estimate of drug-likeness (QED) is 0.767. The van der Waals surface area contributed by atoms with E-state index in [4.69, 9.17) is 25.8 Å². The number of ether oxygens (including phenoxy) is 3. The lowest BCUT2D eigenvalue weighted by atomic mass is 10.1. The average Bonchev–Trinajstić information content (AvgIpc) is 3.08. The smallest absolute Gasteiger partial charge is 0.410 e. The highest BCUT2D eigenvalue weighted by atomic mass is 35.5. The van der Waals surface area contributed by atoms with Crippen molar-refractivity contribution < 1.29 is 23.8 Å². The maximum Gasteiger partial charge on any atom is 0.410 e. The maximum atomic E-state index is 12.6. The zero-order chi connectivity index (χ0) is 19.6. The van der Waals surface area contributed by atoms with Gasteiger partial charge in [-0.3, -0.25) is 9.80 Å². The van der Waals surface area contributed by atoms with Gasteiger partial charge >= 0.3 is 12.2 Å². The molecule has 2 heterocycles. The van der Waals surface area contributed by atoms with Crippen LogP contribution >= 0.6 is 11.6 Å². The van der Waals surface area contributed by atoms with Gasteiger partial charge in [0.25, 0.3) is 0 Å². The molecule has 1 aromatic rings. The molecule has 0 saturated carbocycles. The van der Waals surface area contributed by atoms with Gasteiger partial charge in [0.1, 0.15) is 12.2 Å². The van der Waals surface area contributed by atoms with E-state index in [0.717, 1.165) is 5.56 Å². The van der Waals surface area contributed by atoms with Crippen LogP contribution in [0.2, 0.25) is 5.02 Å². The Morgan fingerprint density at radius 2 is 1.63 bits per heavy atom. The average molecular weight is 397 g/mol. The van der Waals surface area contributed by atoms with Gasteiger partial charge in [-0.05, 0) is 38.5 Å². The summed E-state index contributed by atoms with van der Waals surface area (Å²) in [6.07, 6.45) is -0.786. The van der Waals surface area contributed by atoms with Crippen molar-refractivity contribution >= 4 is 23.8 Å². The monoisotopic (exact) mass is 396 g/mol. The minimum atomic E-state index is -0.569. The zero-order valence-corrected chi connectivity index (χ0v) is 16.6. The molecule has 0 spiro atoms. The summed E-state index contributed by atoms with van der Waals surface area (Å²) in [5.41, 5.74) is 0.292. The summed E-state index contributed by atoms with van der Waals surface area (Å²) in [5.74, 6) is 0. The van der Waals surface area contributed by atoms with E-state index in [1.54, 1.807) is 21.9 Å². The fraction of sp³-hybridized carbons (Fsp3) is 0.579. The van der Waals surface area contributed by atoms with E-state index in [0.29, 0.717) is 31.3 Å². The Balaban J connectivity index is 1.60. The number of piperazine rings is 1. The molecule has 0 N–H and O–H groups in total. The molecule has 2 amide bonds. The Hall–Kier alpha value is -1.99. The molecule has 148 valence electrons. The van der Waals surface area contributed by atoms with E-state index in [-0.39, 0.29) is 24.8 Å². The van der Waals surface area contributed by atoms with Gasteiger partial charge in [-0.15, -0.1) is 0 Å². The molecule has 2 aliphatic rings. The molecule has 0 radical (unpaired) electrons. The molecular weight excluding hydrogens is 372 g/mol. The summed E-state index contributed by atoms with van der Waals surface area (Å²) in [7, 11) is 0. The third-order valence-corrected chi connectivity index (χ3v) is 4.79. The van der Waals surface area contributed by atoms with E-state index in [9.17, 15) is 9.59 Å². The summed E-state index contributed by atoms with van der Waals surface area (Å²) in [5, 5.41) is 0.634. The van der Waals surface area contributed by atoms with E-state index in [2.05, 4.69) is 0 Å². The van der Waals surface area contributed by atoms with Gasteiger partial charge in [-0.1, -0.05) is 23.7 Å². The van der Waals surface area contributed by atoms with Crippen molar-refractivity contribution in [3.63, 3.8) is 0 Å². The zero-order valence-electron chi connectivity index (χ0n) is 15.8. The van der Waals surface area contributed by atoms with Crippen molar-refractivity contribution in [3.8, 4) is 0 Å². The first-order chi connectivity index (χ1) is 12.7. The summed E-state index contributed by atoms with van der Waals surface area (Å²) in [4.78, 5) is 28.4. The number of hydrogen-bond acceptors (Lipinski definition) is 5. The second-order valence-electron chi connectivity index (χ2n) is 7.72. The first kappa shape index (κ1) is 19.8. The van der Waals surface area contributed by atoms with Crippen LogP contribution in [0.5, 0.6) is 0 Å². The molecule has 27 heavy (non-hydrogen) atoms. The first-order valence-corrected chi connectivity index (χ1v) is 9.37. The van der Waals surface area contributed by atoms with Crippen molar-refractivity contribution in [2.24, 2.45) is 0 Å². The number of benzene rings is 1. The number of fused-ring (bicyclic) bond motifs is 1. The Labute approximate surface area is 164 Å². The van der Waals surface area contributed by atoms with Gasteiger partial charge in [0, 0.05) is 18.1 Å². The van der Waals surface area contributed by atoms with E-state index < -0.39 is 11.7 Å². The van der Waals surface area contributed by atoms with Crippen LogP contribution in [0, 0.1) is 0 Å². The molecule has 3 rings (SSSR count). The summed E-state index contributed by atoms with van der Waals surface area (Å²) in [6.45, 7) is 7.18. The maximum absolute atomic E-state index is 12.6. The van der Waals surface area contributed by atoms with Gasteiger partial charge in [-0.2, -0.15) is 0 Å². The Morgan fingerprint density at radius 1 is 1.07 bits per heavy atom. The third kappa shape index (κ3) is 4.84. The number of hydrogen-bond donors (Lipinski definition) is 0. The molecule has 7 nitrogen and oxygen atoms in total. The predicted octanol–water partition coefficient (Wildman–Crippen LogP) is 3.30. The molecule has 1 aromatic carbocycles. The van der Waals surface area contributed by atoms with Crippen molar-refractivity contribution in [1.29, 1.82) is 0 Å². The highest BCUT2D eigenvalue weighted by Crippen LogP contribution is 2.26. The second kappa shape index (κ2) is 7.94. The summed E-state index contributed by atoms with van der Waals surface area (Å²) < 4.78 is 16.5. The SMILES string of the molecule is CC(C)(C)OC(=O)N1CCN(C(=O)OCc2ccc(Cl)cc2)C2COCC21. The van der Waals surface area contributed by atoms with Gasteiger partial charge in [0.15, 0.2) is 0 Å². The summed E-state index contributed by atoms with van der Waals surface area (Å²) >= 11 is 5.86. The molecule has 8 heteroatoms. The minimum absolute atomic E-state index is 0.167. The van der Waals surface area contributed by atoms with Crippen molar-refractivity contribution in [2.45, 2.75) is 45.1 Å². The Bertz CT molecular complexity index is 688. The van der Waals surface area contributed by atoms with Crippen LogP contribution in [0.4, 0.5) is 9.59 Å². The van der Waals surface area contributed by atoms with E-state index in [1.807, 2.05) is 32.9 Å². The van der Waals surface area contributed by atoms with Gasteiger partial charge < -0.3 is 14.2 Å². The third-order valence-electron chi connectivity index (χ3n) is 4.54.